The van der Waals surface area contributed by atoms with Crippen molar-refractivity contribution in [3.8, 4) is 11.5 Å². The largest absolute Gasteiger partial charge is 0.497 e. The Labute approximate surface area is 136 Å². The Hall–Kier alpha value is -2.75. The Kier molecular flexibility index (Phi) is 5.80. The smallest absolute Gasteiger partial charge is 0.244 e. The summed E-state index contributed by atoms with van der Waals surface area (Å²) in [6.07, 6.45) is 3.23. The van der Waals surface area contributed by atoms with Crippen LogP contribution in [0.1, 0.15) is 24.1 Å². The minimum absolute atomic E-state index is 0.0499. The summed E-state index contributed by atoms with van der Waals surface area (Å²) >= 11 is 0. The first kappa shape index (κ1) is 16.6. The van der Waals surface area contributed by atoms with Crippen molar-refractivity contribution >= 4 is 12.0 Å². The maximum absolute atomic E-state index is 12.1. The summed E-state index contributed by atoms with van der Waals surface area (Å²) in [6.45, 7) is 1.95. The van der Waals surface area contributed by atoms with Crippen molar-refractivity contribution in [2.45, 2.75) is 13.0 Å². The van der Waals surface area contributed by atoms with Gasteiger partial charge in [-0.15, -0.1) is 0 Å². The average molecular weight is 311 g/mol. The standard InChI is InChI=1S/C19H21NO3/c1-14(15-7-5-4-6-8-15)20-19(21)12-10-16-9-11-17(22-2)13-18(16)23-3/h4-14H,1-3H3,(H,20,21)/b12-10+/t14-/m1/s1. The lowest BCUT2D eigenvalue weighted by Gasteiger charge is -2.12. The highest BCUT2D eigenvalue weighted by Gasteiger charge is 2.07. The van der Waals surface area contributed by atoms with E-state index in [-0.39, 0.29) is 11.9 Å². The molecule has 120 valence electrons. The maximum atomic E-state index is 12.1. The molecule has 0 radical (unpaired) electrons. The molecule has 1 amide bonds. The molecule has 0 heterocycles. The highest BCUT2D eigenvalue weighted by molar-refractivity contribution is 5.92. The number of carbonyl (C=O) groups excluding carboxylic acids is 1. The molecule has 4 nitrogen and oxygen atoms in total. The van der Waals surface area contributed by atoms with Crippen molar-refractivity contribution in [3.63, 3.8) is 0 Å². The molecule has 23 heavy (non-hydrogen) atoms. The SMILES string of the molecule is COc1ccc(/C=C/C(=O)N[C@H](C)c2ccccc2)c(OC)c1. The lowest BCUT2D eigenvalue weighted by molar-refractivity contribution is -0.117. The van der Waals surface area contributed by atoms with Crippen LogP contribution < -0.4 is 14.8 Å². The molecule has 0 fully saturated rings. The van der Waals surface area contributed by atoms with E-state index in [0.717, 1.165) is 11.1 Å². The van der Waals surface area contributed by atoms with Crippen LogP contribution in [0.5, 0.6) is 11.5 Å². The summed E-state index contributed by atoms with van der Waals surface area (Å²) in [5.74, 6) is 1.21. The molecule has 0 aromatic heterocycles. The van der Waals surface area contributed by atoms with Crippen LogP contribution >= 0.6 is 0 Å². The summed E-state index contributed by atoms with van der Waals surface area (Å²) in [5, 5.41) is 2.94. The van der Waals surface area contributed by atoms with Crippen LogP contribution in [-0.2, 0) is 4.79 Å². The van der Waals surface area contributed by atoms with E-state index in [1.54, 1.807) is 26.4 Å². The van der Waals surface area contributed by atoms with Gasteiger partial charge in [0.25, 0.3) is 0 Å². The number of nitrogens with one attached hydrogen (secondary N) is 1. The molecule has 0 bridgehead atoms. The molecule has 0 unspecified atom stereocenters. The Morgan fingerprint density at radius 1 is 1.09 bits per heavy atom. The Morgan fingerprint density at radius 3 is 2.48 bits per heavy atom. The van der Waals surface area contributed by atoms with Crippen LogP contribution in [0.4, 0.5) is 0 Å². The number of methoxy groups -OCH3 is 2. The van der Waals surface area contributed by atoms with E-state index in [4.69, 9.17) is 9.47 Å². The fraction of sp³-hybridized carbons (Fsp3) is 0.211. The maximum Gasteiger partial charge on any atom is 0.244 e. The van der Waals surface area contributed by atoms with Crippen LogP contribution in [0.2, 0.25) is 0 Å². The second kappa shape index (κ2) is 8.03. The molecule has 1 N–H and O–H groups in total. The topological polar surface area (TPSA) is 47.6 Å². The van der Waals surface area contributed by atoms with Crippen LogP contribution in [0.25, 0.3) is 6.08 Å². The molecule has 0 saturated carbocycles. The van der Waals surface area contributed by atoms with Crippen molar-refractivity contribution in [3.05, 3.63) is 65.7 Å². The van der Waals surface area contributed by atoms with Gasteiger partial charge in [0, 0.05) is 17.7 Å². The quantitative estimate of drug-likeness (QED) is 0.829. The monoisotopic (exact) mass is 311 g/mol. The van der Waals surface area contributed by atoms with Gasteiger partial charge in [0.1, 0.15) is 11.5 Å². The number of amides is 1. The molecule has 0 saturated heterocycles. The van der Waals surface area contributed by atoms with Gasteiger partial charge in [0.2, 0.25) is 5.91 Å². The van der Waals surface area contributed by atoms with E-state index in [0.29, 0.717) is 11.5 Å². The minimum atomic E-state index is -0.153. The minimum Gasteiger partial charge on any atom is -0.497 e. The second-order valence-electron chi connectivity index (χ2n) is 5.08. The third kappa shape index (κ3) is 4.61. The van der Waals surface area contributed by atoms with Crippen LogP contribution in [0.15, 0.2) is 54.6 Å². The van der Waals surface area contributed by atoms with Gasteiger partial charge in [-0.3, -0.25) is 4.79 Å². The number of hydrogen-bond acceptors (Lipinski definition) is 3. The van der Waals surface area contributed by atoms with Crippen molar-refractivity contribution in [2.75, 3.05) is 14.2 Å². The fourth-order valence-corrected chi connectivity index (χ4v) is 2.21. The normalized spacial score (nSPS) is 12.0. The summed E-state index contributed by atoms with van der Waals surface area (Å²) < 4.78 is 10.5. The van der Waals surface area contributed by atoms with E-state index in [2.05, 4.69) is 5.32 Å². The van der Waals surface area contributed by atoms with E-state index < -0.39 is 0 Å². The molecular weight excluding hydrogens is 290 g/mol. The average Bonchev–Trinajstić information content (AvgIpc) is 2.60. The molecule has 2 rings (SSSR count). The molecule has 0 aliphatic carbocycles. The number of carbonyl (C=O) groups is 1. The number of ether oxygens (including phenoxy) is 2. The molecular formula is C19H21NO3. The number of rotatable bonds is 6. The molecule has 4 heteroatoms. The van der Waals surface area contributed by atoms with Gasteiger partial charge in [0.15, 0.2) is 0 Å². The first-order chi connectivity index (χ1) is 11.1. The van der Waals surface area contributed by atoms with Gasteiger partial charge in [0.05, 0.1) is 20.3 Å². The van der Waals surface area contributed by atoms with Crippen molar-refractivity contribution in [1.82, 2.24) is 5.32 Å². The van der Waals surface area contributed by atoms with Crippen molar-refractivity contribution in [1.29, 1.82) is 0 Å². The zero-order chi connectivity index (χ0) is 16.7. The molecule has 0 aliphatic rings. The third-order valence-electron chi connectivity index (χ3n) is 3.51. The Bertz CT molecular complexity index is 680. The highest BCUT2D eigenvalue weighted by Crippen LogP contribution is 2.25. The van der Waals surface area contributed by atoms with E-state index >= 15 is 0 Å². The van der Waals surface area contributed by atoms with E-state index in [9.17, 15) is 4.79 Å². The first-order valence-electron chi connectivity index (χ1n) is 7.39. The highest BCUT2D eigenvalue weighted by atomic mass is 16.5. The van der Waals surface area contributed by atoms with Crippen LogP contribution in [-0.4, -0.2) is 20.1 Å². The summed E-state index contributed by atoms with van der Waals surface area (Å²) in [5.41, 5.74) is 1.88. The molecule has 0 spiro atoms. The molecule has 0 aliphatic heterocycles. The predicted octanol–water partition coefficient (Wildman–Crippen LogP) is 3.59. The fourth-order valence-electron chi connectivity index (χ4n) is 2.21. The lowest BCUT2D eigenvalue weighted by atomic mass is 10.1. The molecule has 1 atom stereocenters. The second-order valence-corrected chi connectivity index (χ2v) is 5.08. The predicted molar refractivity (Wildman–Crippen MR) is 91.6 cm³/mol. The van der Waals surface area contributed by atoms with Crippen LogP contribution in [0, 0.1) is 0 Å². The number of benzene rings is 2. The first-order valence-corrected chi connectivity index (χ1v) is 7.39. The van der Waals surface area contributed by atoms with Gasteiger partial charge in [-0.25, -0.2) is 0 Å². The Morgan fingerprint density at radius 2 is 1.83 bits per heavy atom. The molecule has 2 aromatic rings. The summed E-state index contributed by atoms with van der Waals surface area (Å²) in [4.78, 5) is 12.1. The van der Waals surface area contributed by atoms with Gasteiger partial charge >= 0.3 is 0 Å². The van der Waals surface area contributed by atoms with Gasteiger partial charge in [-0.05, 0) is 30.7 Å². The zero-order valence-electron chi connectivity index (χ0n) is 13.6. The third-order valence-corrected chi connectivity index (χ3v) is 3.51. The molecule has 2 aromatic carbocycles. The van der Waals surface area contributed by atoms with Gasteiger partial charge in [-0.2, -0.15) is 0 Å². The summed E-state index contributed by atoms with van der Waals surface area (Å²) in [7, 11) is 3.19. The van der Waals surface area contributed by atoms with Crippen molar-refractivity contribution in [2.24, 2.45) is 0 Å². The summed E-state index contributed by atoms with van der Waals surface area (Å²) in [6, 6.07) is 15.2. The van der Waals surface area contributed by atoms with E-state index in [1.165, 1.54) is 6.08 Å². The van der Waals surface area contributed by atoms with Crippen LogP contribution in [0.3, 0.4) is 0 Å². The van der Waals surface area contributed by atoms with Crippen molar-refractivity contribution < 1.29 is 14.3 Å². The van der Waals surface area contributed by atoms with Gasteiger partial charge in [-0.1, -0.05) is 30.3 Å². The zero-order valence-corrected chi connectivity index (χ0v) is 13.6. The number of hydrogen-bond donors (Lipinski definition) is 1. The van der Waals surface area contributed by atoms with Gasteiger partial charge < -0.3 is 14.8 Å². The lowest BCUT2D eigenvalue weighted by Crippen LogP contribution is -2.24. The Balaban J connectivity index is 2.04. The van der Waals surface area contributed by atoms with E-state index in [1.807, 2.05) is 49.4 Å².